The van der Waals surface area contributed by atoms with Crippen LogP contribution >= 0.6 is 15.9 Å². The third-order valence-corrected chi connectivity index (χ3v) is 2.34. The summed E-state index contributed by atoms with van der Waals surface area (Å²) in [5.41, 5.74) is -0.717. The molecule has 0 saturated heterocycles. The van der Waals surface area contributed by atoms with E-state index in [1.54, 1.807) is 14.2 Å². The van der Waals surface area contributed by atoms with E-state index < -0.39 is 11.7 Å². The third kappa shape index (κ3) is 4.87. The molecule has 17 heavy (non-hydrogen) atoms. The topological polar surface area (TPSA) is 26.3 Å². The van der Waals surface area contributed by atoms with Gasteiger partial charge in [-0.2, -0.15) is 13.2 Å². The molecule has 0 N–H and O–H groups in total. The van der Waals surface area contributed by atoms with Crippen LogP contribution in [0.4, 0.5) is 13.2 Å². The molecule has 0 aliphatic heterocycles. The summed E-state index contributed by atoms with van der Waals surface area (Å²) in [5, 5.41) is 0.0107. The lowest BCUT2D eigenvalue weighted by Gasteiger charge is -2.12. The van der Waals surface area contributed by atoms with Crippen molar-refractivity contribution >= 4 is 22.2 Å². The highest BCUT2D eigenvalue weighted by atomic mass is 79.9. The van der Waals surface area contributed by atoms with Crippen molar-refractivity contribution in [2.45, 2.75) is 11.5 Å². The lowest BCUT2D eigenvalue weighted by atomic mass is 10.0. The van der Waals surface area contributed by atoms with Crippen molar-refractivity contribution < 1.29 is 22.7 Å². The average molecular weight is 313 g/mol. The van der Waals surface area contributed by atoms with Crippen LogP contribution in [0.25, 0.3) is 0 Å². The van der Waals surface area contributed by atoms with E-state index in [2.05, 4.69) is 20.7 Å². The van der Waals surface area contributed by atoms with Crippen LogP contribution in [-0.2, 0) is 16.2 Å². The maximum Gasteiger partial charge on any atom is 0.416 e. The van der Waals surface area contributed by atoms with Crippen LogP contribution in [0.15, 0.2) is 18.2 Å². The largest absolute Gasteiger partial charge is 0.416 e. The lowest BCUT2D eigenvalue weighted by molar-refractivity contribution is -0.138. The van der Waals surface area contributed by atoms with Gasteiger partial charge in [0.05, 0.1) is 5.56 Å². The van der Waals surface area contributed by atoms with Crippen LogP contribution in [0.2, 0.25) is 0 Å². The SMILES string of the molecule is COC.O=Cc1cccc(C(F)(F)F)c1CBr. The maximum absolute atomic E-state index is 12.4. The second kappa shape index (κ2) is 7.45. The first-order valence-corrected chi connectivity index (χ1v) is 5.64. The summed E-state index contributed by atoms with van der Waals surface area (Å²) in [6, 6.07) is 3.54. The minimum atomic E-state index is -4.41. The van der Waals surface area contributed by atoms with Gasteiger partial charge in [-0.05, 0) is 11.6 Å². The number of carbonyl (C=O) groups is 1. The monoisotopic (exact) mass is 312 g/mol. The van der Waals surface area contributed by atoms with E-state index in [1.165, 1.54) is 12.1 Å². The molecule has 0 amide bonds. The molecule has 0 radical (unpaired) electrons. The lowest BCUT2D eigenvalue weighted by Crippen LogP contribution is -2.10. The number of aldehydes is 1. The molecule has 1 aromatic rings. The zero-order valence-corrected chi connectivity index (χ0v) is 10.9. The number of benzene rings is 1. The summed E-state index contributed by atoms with van der Waals surface area (Å²) in [5.74, 6) is 0. The summed E-state index contributed by atoms with van der Waals surface area (Å²) in [6.45, 7) is 0. The van der Waals surface area contributed by atoms with Gasteiger partial charge < -0.3 is 4.74 Å². The fourth-order valence-electron chi connectivity index (χ4n) is 1.13. The Kier molecular flexibility index (Phi) is 7.06. The predicted octanol–water partition coefficient (Wildman–Crippen LogP) is 3.68. The van der Waals surface area contributed by atoms with E-state index in [4.69, 9.17) is 0 Å². The van der Waals surface area contributed by atoms with Crippen LogP contribution in [0.1, 0.15) is 21.5 Å². The van der Waals surface area contributed by atoms with Crippen LogP contribution < -0.4 is 0 Å². The van der Waals surface area contributed by atoms with Crippen molar-refractivity contribution in [3.63, 3.8) is 0 Å². The Morgan fingerprint density at radius 1 is 1.35 bits per heavy atom. The molecule has 1 aromatic carbocycles. The molecule has 0 bridgehead atoms. The van der Waals surface area contributed by atoms with Crippen molar-refractivity contribution in [2.75, 3.05) is 14.2 Å². The zero-order valence-electron chi connectivity index (χ0n) is 9.34. The molecule has 0 unspecified atom stereocenters. The van der Waals surface area contributed by atoms with Crippen molar-refractivity contribution in [1.29, 1.82) is 0 Å². The quantitative estimate of drug-likeness (QED) is 0.615. The summed E-state index contributed by atoms with van der Waals surface area (Å²) in [7, 11) is 3.25. The predicted molar refractivity (Wildman–Crippen MR) is 62.4 cm³/mol. The number of hydrogen-bond acceptors (Lipinski definition) is 2. The Morgan fingerprint density at radius 2 is 1.88 bits per heavy atom. The van der Waals surface area contributed by atoms with Gasteiger partial charge in [0.25, 0.3) is 0 Å². The molecule has 0 saturated carbocycles. The van der Waals surface area contributed by atoms with Crippen LogP contribution in [0.3, 0.4) is 0 Å². The van der Waals surface area contributed by atoms with Gasteiger partial charge in [-0.15, -0.1) is 0 Å². The molecule has 2 nitrogen and oxygen atoms in total. The highest BCUT2D eigenvalue weighted by molar-refractivity contribution is 9.08. The third-order valence-electron chi connectivity index (χ3n) is 1.78. The first-order valence-electron chi connectivity index (χ1n) is 4.52. The summed E-state index contributed by atoms with van der Waals surface area (Å²) in [6.07, 6.45) is -3.99. The Morgan fingerprint density at radius 3 is 2.24 bits per heavy atom. The van der Waals surface area contributed by atoms with Crippen molar-refractivity contribution in [3.8, 4) is 0 Å². The van der Waals surface area contributed by atoms with Gasteiger partial charge in [0, 0.05) is 25.1 Å². The zero-order chi connectivity index (χ0) is 13.5. The molecule has 0 spiro atoms. The maximum atomic E-state index is 12.4. The average Bonchev–Trinajstić information content (AvgIpc) is 2.27. The highest BCUT2D eigenvalue weighted by Gasteiger charge is 2.33. The molecule has 0 aromatic heterocycles. The molecule has 0 heterocycles. The number of ether oxygens (including phenoxy) is 1. The summed E-state index contributed by atoms with van der Waals surface area (Å²) in [4.78, 5) is 10.5. The second-order valence-corrected chi connectivity index (χ2v) is 3.59. The smallest absolute Gasteiger partial charge is 0.388 e. The number of alkyl halides is 4. The Hall–Kier alpha value is -0.880. The van der Waals surface area contributed by atoms with Crippen LogP contribution in [0.5, 0.6) is 0 Å². The Balaban J connectivity index is 0.000000770. The fourth-order valence-corrected chi connectivity index (χ4v) is 1.76. The number of halogens is 4. The standard InChI is InChI=1S/C9H6BrF3O.C2H6O/c10-4-7-6(5-14)2-1-3-8(7)9(11,12)13;1-3-2/h1-3,5H,4H2;1-2H3. The van der Waals surface area contributed by atoms with Gasteiger partial charge in [0.1, 0.15) is 6.29 Å². The molecule has 0 aliphatic carbocycles. The van der Waals surface area contributed by atoms with E-state index in [0.717, 1.165) is 6.07 Å². The van der Waals surface area contributed by atoms with Crippen molar-refractivity contribution in [3.05, 3.63) is 34.9 Å². The number of rotatable bonds is 2. The van der Waals surface area contributed by atoms with Crippen molar-refractivity contribution in [1.82, 2.24) is 0 Å². The minimum absolute atomic E-state index is 0.0107. The highest BCUT2D eigenvalue weighted by Crippen LogP contribution is 2.33. The van der Waals surface area contributed by atoms with Crippen LogP contribution in [0, 0.1) is 0 Å². The van der Waals surface area contributed by atoms with E-state index in [9.17, 15) is 18.0 Å². The van der Waals surface area contributed by atoms with Crippen LogP contribution in [-0.4, -0.2) is 20.5 Å². The first kappa shape index (κ1) is 16.1. The number of carbonyl (C=O) groups excluding carboxylic acids is 1. The summed E-state index contributed by atoms with van der Waals surface area (Å²) < 4.78 is 41.5. The number of hydrogen-bond donors (Lipinski definition) is 0. The molecule has 6 heteroatoms. The van der Waals surface area contributed by atoms with Gasteiger partial charge in [0.2, 0.25) is 0 Å². The van der Waals surface area contributed by atoms with E-state index in [1.807, 2.05) is 0 Å². The molecular weight excluding hydrogens is 301 g/mol. The van der Waals surface area contributed by atoms with Gasteiger partial charge >= 0.3 is 6.18 Å². The molecular formula is C11H12BrF3O2. The van der Waals surface area contributed by atoms with Gasteiger partial charge in [-0.1, -0.05) is 28.1 Å². The molecule has 1 rings (SSSR count). The van der Waals surface area contributed by atoms with Crippen molar-refractivity contribution in [2.24, 2.45) is 0 Å². The van der Waals surface area contributed by atoms with Gasteiger partial charge in [-0.3, -0.25) is 4.79 Å². The molecule has 96 valence electrons. The normalized spacial score (nSPS) is 10.5. The fraction of sp³-hybridized carbons (Fsp3) is 0.364. The molecule has 0 atom stereocenters. The second-order valence-electron chi connectivity index (χ2n) is 3.03. The van der Waals surface area contributed by atoms with E-state index >= 15 is 0 Å². The Bertz CT molecular complexity index is 364. The molecule has 0 aliphatic rings. The van der Waals surface area contributed by atoms with Gasteiger partial charge in [-0.25, -0.2) is 0 Å². The van der Waals surface area contributed by atoms with E-state index in [-0.39, 0.29) is 16.5 Å². The summed E-state index contributed by atoms with van der Waals surface area (Å²) >= 11 is 2.93. The minimum Gasteiger partial charge on any atom is -0.388 e. The van der Waals surface area contributed by atoms with E-state index in [0.29, 0.717) is 6.29 Å². The molecule has 0 fully saturated rings. The van der Waals surface area contributed by atoms with Gasteiger partial charge in [0.15, 0.2) is 0 Å². The number of methoxy groups -OCH3 is 1. The Labute approximate surface area is 106 Å². The first-order chi connectivity index (χ1) is 7.92.